The maximum absolute atomic E-state index is 12.7. The van der Waals surface area contributed by atoms with Gasteiger partial charge in [0, 0.05) is 16.3 Å². The Balaban J connectivity index is 2.18. The maximum atomic E-state index is 12.7. The van der Waals surface area contributed by atoms with Crippen molar-refractivity contribution in [3.8, 4) is 0 Å². The Morgan fingerprint density at radius 1 is 1.33 bits per heavy atom. The zero-order valence-corrected chi connectivity index (χ0v) is 9.90. The molecule has 1 aliphatic rings. The first-order chi connectivity index (χ1) is 8.23. The van der Waals surface area contributed by atoms with Crippen LogP contribution >= 0.6 is 11.6 Å². The van der Waals surface area contributed by atoms with Crippen molar-refractivity contribution in [1.29, 1.82) is 0 Å². The van der Waals surface area contributed by atoms with Crippen molar-refractivity contribution < 1.29 is 18.0 Å². The van der Waals surface area contributed by atoms with E-state index in [0.29, 0.717) is 0 Å². The molecule has 3 nitrogen and oxygen atoms in total. The highest BCUT2D eigenvalue weighted by Crippen LogP contribution is 2.49. The molecule has 1 fully saturated rings. The van der Waals surface area contributed by atoms with Crippen molar-refractivity contribution in [1.82, 2.24) is 5.32 Å². The fourth-order valence-electron chi connectivity index (χ4n) is 1.64. The number of nitrogen functional groups attached to an aromatic ring is 1. The van der Waals surface area contributed by atoms with Gasteiger partial charge in [0.1, 0.15) is 5.54 Å². The number of hydrogen-bond acceptors (Lipinski definition) is 2. The zero-order chi connectivity index (χ0) is 13.6. The first-order valence-electron chi connectivity index (χ1n) is 5.19. The Kier molecular flexibility index (Phi) is 2.93. The lowest BCUT2D eigenvalue weighted by molar-refractivity contribution is -0.163. The summed E-state index contributed by atoms with van der Waals surface area (Å²) < 4.78 is 38.0. The van der Waals surface area contributed by atoms with Crippen LogP contribution in [0, 0.1) is 0 Å². The predicted octanol–water partition coefficient (Wildman–Crippen LogP) is 2.75. The Bertz CT molecular complexity index is 477. The predicted molar refractivity (Wildman–Crippen MR) is 61.4 cm³/mol. The van der Waals surface area contributed by atoms with E-state index in [1.807, 2.05) is 5.32 Å². The molecule has 1 aliphatic carbocycles. The van der Waals surface area contributed by atoms with E-state index >= 15 is 0 Å². The minimum Gasteiger partial charge on any atom is -0.399 e. The molecule has 1 amide bonds. The molecule has 18 heavy (non-hydrogen) atoms. The number of hydrogen-bond donors (Lipinski definition) is 2. The standard InChI is InChI=1S/C11H10ClF3N2O/c12-7-3-6(4-8(16)5-7)9(18)17-10(1-2-10)11(13,14)15/h3-5H,1-2,16H2,(H,17,18). The van der Waals surface area contributed by atoms with Gasteiger partial charge in [0.05, 0.1) is 0 Å². The van der Waals surface area contributed by atoms with E-state index in [1.54, 1.807) is 0 Å². The van der Waals surface area contributed by atoms with Gasteiger partial charge in [-0.05, 0) is 31.0 Å². The van der Waals surface area contributed by atoms with E-state index in [-0.39, 0.29) is 29.1 Å². The van der Waals surface area contributed by atoms with E-state index in [4.69, 9.17) is 17.3 Å². The first-order valence-corrected chi connectivity index (χ1v) is 5.57. The molecule has 0 spiro atoms. The second-order valence-corrected chi connectivity index (χ2v) is 4.74. The SMILES string of the molecule is Nc1cc(Cl)cc(C(=O)NC2(C(F)(F)F)CC2)c1. The van der Waals surface area contributed by atoms with Crippen molar-refractivity contribution in [2.24, 2.45) is 0 Å². The Morgan fingerprint density at radius 3 is 2.39 bits per heavy atom. The minimum absolute atomic E-state index is 0.0236. The number of amides is 1. The van der Waals surface area contributed by atoms with Gasteiger partial charge in [0.2, 0.25) is 0 Å². The van der Waals surface area contributed by atoms with Gasteiger partial charge in [0.15, 0.2) is 0 Å². The van der Waals surface area contributed by atoms with Gasteiger partial charge in [-0.25, -0.2) is 0 Å². The molecule has 0 aromatic heterocycles. The second-order valence-electron chi connectivity index (χ2n) is 4.31. The van der Waals surface area contributed by atoms with Crippen LogP contribution in [-0.4, -0.2) is 17.6 Å². The average molecular weight is 279 g/mol. The minimum atomic E-state index is -4.44. The van der Waals surface area contributed by atoms with Crippen LogP contribution in [0.4, 0.5) is 18.9 Å². The third kappa shape index (κ3) is 2.38. The number of halogens is 4. The number of carbonyl (C=O) groups is 1. The van der Waals surface area contributed by atoms with Crippen molar-refractivity contribution >= 4 is 23.2 Å². The normalized spacial score (nSPS) is 17.3. The molecule has 0 heterocycles. The molecule has 2 rings (SSSR count). The number of carbonyl (C=O) groups excluding carboxylic acids is 1. The Hall–Kier alpha value is -1.43. The Morgan fingerprint density at radius 2 is 1.94 bits per heavy atom. The van der Waals surface area contributed by atoms with E-state index in [0.717, 1.165) is 0 Å². The maximum Gasteiger partial charge on any atom is 0.411 e. The van der Waals surface area contributed by atoms with Gasteiger partial charge in [-0.2, -0.15) is 13.2 Å². The number of anilines is 1. The smallest absolute Gasteiger partial charge is 0.399 e. The summed E-state index contributed by atoms with van der Waals surface area (Å²) in [6.45, 7) is 0. The van der Waals surface area contributed by atoms with Crippen LogP contribution in [-0.2, 0) is 0 Å². The molecule has 7 heteroatoms. The van der Waals surface area contributed by atoms with Crippen LogP contribution < -0.4 is 11.1 Å². The third-order valence-electron chi connectivity index (χ3n) is 2.83. The summed E-state index contributed by atoms with van der Waals surface area (Å²) in [7, 11) is 0. The number of alkyl halides is 3. The van der Waals surface area contributed by atoms with E-state index < -0.39 is 17.6 Å². The fourth-order valence-corrected chi connectivity index (χ4v) is 1.88. The fraction of sp³-hybridized carbons (Fsp3) is 0.364. The lowest BCUT2D eigenvalue weighted by Crippen LogP contribution is -2.47. The molecule has 1 aromatic carbocycles. The quantitative estimate of drug-likeness (QED) is 0.817. The van der Waals surface area contributed by atoms with Crippen LogP contribution in [0.5, 0.6) is 0 Å². The van der Waals surface area contributed by atoms with Crippen molar-refractivity contribution in [2.45, 2.75) is 24.6 Å². The highest BCUT2D eigenvalue weighted by molar-refractivity contribution is 6.31. The molecular weight excluding hydrogens is 269 g/mol. The van der Waals surface area contributed by atoms with Gasteiger partial charge in [-0.15, -0.1) is 0 Å². The lowest BCUT2D eigenvalue weighted by atomic mass is 10.1. The largest absolute Gasteiger partial charge is 0.411 e. The second kappa shape index (κ2) is 4.05. The highest BCUT2D eigenvalue weighted by atomic mass is 35.5. The molecule has 0 atom stereocenters. The number of rotatable bonds is 2. The molecule has 0 unspecified atom stereocenters. The highest BCUT2D eigenvalue weighted by Gasteiger charge is 2.64. The van der Waals surface area contributed by atoms with Crippen LogP contribution in [0.2, 0.25) is 5.02 Å². The average Bonchev–Trinajstić information content (AvgIpc) is 2.96. The van der Waals surface area contributed by atoms with E-state index in [1.165, 1.54) is 18.2 Å². The summed E-state index contributed by atoms with van der Waals surface area (Å²) in [4.78, 5) is 11.7. The van der Waals surface area contributed by atoms with E-state index in [9.17, 15) is 18.0 Å². The van der Waals surface area contributed by atoms with Crippen LogP contribution in [0.3, 0.4) is 0 Å². The monoisotopic (exact) mass is 278 g/mol. The summed E-state index contributed by atoms with van der Waals surface area (Å²) in [5.41, 5.74) is 3.64. The van der Waals surface area contributed by atoms with Gasteiger partial charge < -0.3 is 11.1 Å². The molecule has 0 radical (unpaired) electrons. The summed E-state index contributed by atoms with van der Waals surface area (Å²) in [6, 6.07) is 3.97. The van der Waals surface area contributed by atoms with Crippen LogP contribution in [0.15, 0.2) is 18.2 Å². The van der Waals surface area contributed by atoms with Crippen LogP contribution in [0.25, 0.3) is 0 Å². The summed E-state index contributed by atoms with van der Waals surface area (Å²) in [6.07, 6.45) is -4.64. The first kappa shape index (κ1) is 13.0. The summed E-state index contributed by atoms with van der Waals surface area (Å²) in [5, 5.41) is 2.21. The number of nitrogens with one attached hydrogen (secondary N) is 1. The molecule has 1 saturated carbocycles. The van der Waals surface area contributed by atoms with Crippen molar-refractivity contribution in [2.75, 3.05) is 5.73 Å². The number of benzene rings is 1. The van der Waals surface area contributed by atoms with Crippen LogP contribution in [0.1, 0.15) is 23.2 Å². The molecule has 98 valence electrons. The van der Waals surface area contributed by atoms with Gasteiger partial charge in [-0.3, -0.25) is 4.79 Å². The Labute approximate surface area is 106 Å². The zero-order valence-electron chi connectivity index (χ0n) is 9.14. The number of nitrogens with two attached hydrogens (primary N) is 1. The van der Waals surface area contributed by atoms with Gasteiger partial charge >= 0.3 is 6.18 Å². The molecule has 3 N–H and O–H groups in total. The molecule has 0 bridgehead atoms. The van der Waals surface area contributed by atoms with E-state index in [2.05, 4.69) is 0 Å². The lowest BCUT2D eigenvalue weighted by Gasteiger charge is -2.20. The molecule has 0 saturated heterocycles. The van der Waals surface area contributed by atoms with Crippen molar-refractivity contribution in [3.05, 3.63) is 28.8 Å². The van der Waals surface area contributed by atoms with Gasteiger partial charge in [-0.1, -0.05) is 11.6 Å². The van der Waals surface area contributed by atoms with Gasteiger partial charge in [0.25, 0.3) is 5.91 Å². The summed E-state index contributed by atoms with van der Waals surface area (Å²) >= 11 is 5.69. The van der Waals surface area contributed by atoms with Crippen molar-refractivity contribution in [3.63, 3.8) is 0 Å². The summed E-state index contributed by atoms with van der Waals surface area (Å²) in [5.74, 6) is -0.820. The molecule has 1 aromatic rings. The molecule has 0 aliphatic heterocycles. The topological polar surface area (TPSA) is 55.1 Å². The molecular formula is C11H10ClF3N2O. The third-order valence-corrected chi connectivity index (χ3v) is 3.05.